The second-order valence-electron chi connectivity index (χ2n) is 3.52. The standard InChI is InChI=1S/C10H8O5S.Na/c11-8-5-9(16(13,14)15)10(12)7-4-2-1-3-6(7)8;/h1-4,9H,5H2,(H,13,14,15);/q;+1/p-1. The van der Waals surface area contributed by atoms with Crippen LogP contribution < -0.4 is 29.6 Å². The van der Waals surface area contributed by atoms with Crippen molar-refractivity contribution >= 4 is 21.7 Å². The Balaban J connectivity index is 0.00000144. The molecular weight excluding hydrogens is 255 g/mol. The second kappa shape index (κ2) is 4.99. The molecule has 0 fully saturated rings. The summed E-state index contributed by atoms with van der Waals surface area (Å²) in [5.41, 5.74) is 0.204. The molecule has 0 amide bonds. The van der Waals surface area contributed by atoms with Crippen LogP contribution in [0, 0.1) is 0 Å². The van der Waals surface area contributed by atoms with Crippen molar-refractivity contribution in [1.82, 2.24) is 0 Å². The molecule has 0 aromatic heterocycles. The molecule has 1 aliphatic rings. The molecule has 0 bridgehead atoms. The van der Waals surface area contributed by atoms with Gasteiger partial charge in [0.1, 0.15) is 15.4 Å². The Hall–Kier alpha value is -0.530. The molecule has 1 aromatic carbocycles. The molecule has 0 aliphatic heterocycles. The van der Waals surface area contributed by atoms with Crippen molar-refractivity contribution in [1.29, 1.82) is 0 Å². The van der Waals surface area contributed by atoms with Crippen LogP contribution in [-0.4, -0.2) is 29.8 Å². The minimum absolute atomic E-state index is 0. The third-order valence-corrected chi connectivity index (χ3v) is 3.58. The summed E-state index contributed by atoms with van der Waals surface area (Å²) in [5, 5.41) is -1.77. The van der Waals surface area contributed by atoms with Gasteiger partial charge in [-0.1, -0.05) is 24.3 Å². The first kappa shape index (κ1) is 14.5. The normalized spacial score (nSPS) is 19.5. The van der Waals surface area contributed by atoms with Gasteiger partial charge in [0.05, 0.1) is 0 Å². The molecule has 1 unspecified atom stereocenters. The van der Waals surface area contributed by atoms with E-state index in [1.54, 1.807) is 6.07 Å². The second-order valence-corrected chi connectivity index (χ2v) is 5.07. The molecule has 0 heterocycles. The monoisotopic (exact) mass is 262 g/mol. The van der Waals surface area contributed by atoms with Crippen molar-refractivity contribution in [3.63, 3.8) is 0 Å². The molecule has 7 heteroatoms. The molecule has 0 spiro atoms. The number of fused-ring (bicyclic) bond motifs is 1. The summed E-state index contributed by atoms with van der Waals surface area (Å²) in [5.74, 6) is -1.27. The van der Waals surface area contributed by atoms with Crippen LogP contribution in [0.3, 0.4) is 0 Å². The number of hydrogen-bond acceptors (Lipinski definition) is 5. The Bertz CT molecular complexity index is 578. The van der Waals surface area contributed by atoms with E-state index in [0.29, 0.717) is 0 Å². The predicted octanol–water partition coefficient (Wildman–Crippen LogP) is -2.63. The maximum absolute atomic E-state index is 11.7. The Kier molecular flexibility index (Phi) is 4.27. The van der Waals surface area contributed by atoms with E-state index in [1.165, 1.54) is 18.2 Å². The molecule has 84 valence electrons. The van der Waals surface area contributed by atoms with E-state index in [-0.39, 0.29) is 40.7 Å². The summed E-state index contributed by atoms with van der Waals surface area (Å²) in [4.78, 5) is 23.2. The van der Waals surface area contributed by atoms with Crippen LogP contribution in [0.15, 0.2) is 24.3 Å². The zero-order chi connectivity index (χ0) is 11.9. The molecule has 1 atom stereocenters. The smallest absolute Gasteiger partial charge is 0.747 e. The first-order valence-corrected chi connectivity index (χ1v) is 5.99. The number of Topliss-reactive ketones (excluding diaryl/α,β-unsaturated/α-hetero) is 2. The van der Waals surface area contributed by atoms with E-state index >= 15 is 0 Å². The summed E-state index contributed by atoms with van der Waals surface area (Å²) in [7, 11) is -4.77. The van der Waals surface area contributed by atoms with Crippen LogP contribution in [0.4, 0.5) is 0 Å². The molecule has 1 aromatic rings. The maximum atomic E-state index is 11.7. The summed E-state index contributed by atoms with van der Waals surface area (Å²) in [6.07, 6.45) is -0.554. The van der Waals surface area contributed by atoms with Gasteiger partial charge in [-0.25, -0.2) is 8.42 Å². The number of benzene rings is 1. The molecule has 0 saturated carbocycles. The van der Waals surface area contributed by atoms with Gasteiger partial charge in [0.25, 0.3) is 0 Å². The average molecular weight is 262 g/mol. The zero-order valence-electron chi connectivity index (χ0n) is 9.04. The molecule has 0 N–H and O–H groups in total. The van der Waals surface area contributed by atoms with E-state index in [2.05, 4.69) is 0 Å². The van der Waals surface area contributed by atoms with Gasteiger partial charge in [-0.05, 0) is 0 Å². The maximum Gasteiger partial charge on any atom is 1.00 e. The average Bonchev–Trinajstić information content (AvgIpc) is 2.22. The van der Waals surface area contributed by atoms with E-state index < -0.39 is 33.4 Å². The zero-order valence-corrected chi connectivity index (χ0v) is 11.9. The van der Waals surface area contributed by atoms with E-state index in [0.717, 1.165) is 0 Å². The Labute approximate surface area is 120 Å². The first-order chi connectivity index (χ1) is 7.41. The number of rotatable bonds is 1. The minimum atomic E-state index is -4.77. The minimum Gasteiger partial charge on any atom is -0.747 e. The SMILES string of the molecule is O=C1CC(S(=O)(=O)[O-])C(=O)c2ccccc21.[Na+]. The Morgan fingerprint density at radius 3 is 2.18 bits per heavy atom. The van der Waals surface area contributed by atoms with Gasteiger partial charge in [-0.3, -0.25) is 9.59 Å². The van der Waals surface area contributed by atoms with Crippen LogP contribution in [-0.2, 0) is 10.1 Å². The first-order valence-electron chi connectivity index (χ1n) is 4.52. The fourth-order valence-electron chi connectivity index (χ4n) is 1.72. The summed E-state index contributed by atoms with van der Waals surface area (Å²) >= 11 is 0. The van der Waals surface area contributed by atoms with E-state index in [9.17, 15) is 22.6 Å². The van der Waals surface area contributed by atoms with Crippen molar-refractivity contribution in [2.45, 2.75) is 11.7 Å². The summed E-state index contributed by atoms with van der Waals surface area (Å²) in [6, 6.07) is 5.90. The van der Waals surface area contributed by atoms with Crippen LogP contribution in [0.1, 0.15) is 27.1 Å². The van der Waals surface area contributed by atoms with Gasteiger partial charge in [-0.2, -0.15) is 0 Å². The van der Waals surface area contributed by atoms with Crippen LogP contribution in [0.5, 0.6) is 0 Å². The van der Waals surface area contributed by atoms with Gasteiger partial charge < -0.3 is 4.55 Å². The van der Waals surface area contributed by atoms with Crippen LogP contribution >= 0.6 is 0 Å². The predicted molar refractivity (Wildman–Crippen MR) is 53.2 cm³/mol. The van der Waals surface area contributed by atoms with Gasteiger partial charge in [-0.15, -0.1) is 0 Å². The van der Waals surface area contributed by atoms with E-state index in [1.807, 2.05) is 0 Å². The third kappa shape index (κ3) is 2.66. The molecule has 2 rings (SSSR count). The topological polar surface area (TPSA) is 91.3 Å². The van der Waals surface area contributed by atoms with Gasteiger partial charge in [0, 0.05) is 17.5 Å². The number of carbonyl (C=O) groups excluding carboxylic acids is 2. The van der Waals surface area contributed by atoms with Crippen molar-refractivity contribution in [3.8, 4) is 0 Å². The van der Waals surface area contributed by atoms with Crippen LogP contribution in [0.2, 0.25) is 0 Å². The molecule has 17 heavy (non-hydrogen) atoms. The van der Waals surface area contributed by atoms with Gasteiger partial charge in [0.15, 0.2) is 11.6 Å². The molecule has 0 saturated heterocycles. The quantitative estimate of drug-likeness (QED) is 0.408. The Morgan fingerprint density at radius 1 is 1.12 bits per heavy atom. The van der Waals surface area contributed by atoms with Crippen molar-refractivity contribution in [2.75, 3.05) is 0 Å². The summed E-state index contributed by atoms with van der Waals surface area (Å²) < 4.78 is 32.5. The molecule has 0 radical (unpaired) electrons. The van der Waals surface area contributed by atoms with E-state index in [4.69, 9.17) is 0 Å². The Morgan fingerprint density at radius 2 is 1.65 bits per heavy atom. The fraction of sp³-hybridized carbons (Fsp3) is 0.200. The number of hydrogen-bond donors (Lipinski definition) is 0. The van der Waals surface area contributed by atoms with Gasteiger partial charge in [0.2, 0.25) is 0 Å². The molecular formula is C10H7NaO5S. The van der Waals surface area contributed by atoms with Crippen molar-refractivity contribution in [3.05, 3.63) is 35.4 Å². The third-order valence-electron chi connectivity index (χ3n) is 2.50. The number of ketones is 2. The van der Waals surface area contributed by atoms with Crippen molar-refractivity contribution < 1.29 is 52.1 Å². The fourth-order valence-corrected chi connectivity index (χ4v) is 2.46. The molecule has 1 aliphatic carbocycles. The summed E-state index contributed by atoms with van der Waals surface area (Å²) in [6.45, 7) is 0. The van der Waals surface area contributed by atoms with Crippen LogP contribution in [0.25, 0.3) is 0 Å². The van der Waals surface area contributed by atoms with Gasteiger partial charge >= 0.3 is 29.6 Å². The molecule has 5 nitrogen and oxygen atoms in total. The largest absolute Gasteiger partial charge is 1.00 e. The van der Waals surface area contributed by atoms with Crippen molar-refractivity contribution in [2.24, 2.45) is 0 Å². The number of carbonyl (C=O) groups is 2.